The van der Waals surface area contributed by atoms with Crippen molar-refractivity contribution in [1.82, 2.24) is 10.3 Å². The van der Waals surface area contributed by atoms with E-state index in [4.69, 9.17) is 0 Å². The van der Waals surface area contributed by atoms with Gasteiger partial charge in [-0.05, 0) is 25.0 Å². The summed E-state index contributed by atoms with van der Waals surface area (Å²) in [5.41, 5.74) is 1.53. The number of benzene rings is 1. The predicted molar refractivity (Wildman–Crippen MR) is 74.1 cm³/mol. The molecule has 0 amide bonds. The van der Waals surface area contributed by atoms with Crippen molar-refractivity contribution in [2.45, 2.75) is 31.8 Å². The zero-order valence-corrected chi connectivity index (χ0v) is 11.8. The fraction of sp³-hybridized carbons (Fsp3) is 0.357. The molecule has 2 aromatic rings. The van der Waals surface area contributed by atoms with E-state index in [0.29, 0.717) is 23.2 Å². The summed E-state index contributed by atoms with van der Waals surface area (Å²) in [4.78, 5) is 4.44. The number of rotatable bonds is 5. The summed E-state index contributed by atoms with van der Waals surface area (Å²) < 4.78 is 40.6. The van der Waals surface area contributed by atoms with Crippen LogP contribution < -0.4 is 10.1 Å². The monoisotopic (exact) mass is 314 g/mol. The van der Waals surface area contributed by atoms with Gasteiger partial charge in [0.15, 0.2) is 0 Å². The Morgan fingerprint density at radius 3 is 2.86 bits per heavy atom. The topological polar surface area (TPSA) is 34.1 Å². The van der Waals surface area contributed by atoms with Crippen molar-refractivity contribution in [3.8, 4) is 16.3 Å². The smallest absolute Gasteiger partial charge is 0.406 e. The quantitative estimate of drug-likeness (QED) is 0.907. The zero-order chi connectivity index (χ0) is 14.9. The van der Waals surface area contributed by atoms with Crippen LogP contribution in [0.5, 0.6) is 5.75 Å². The lowest BCUT2D eigenvalue weighted by atomic mass is 10.2. The number of hydrogen-bond acceptors (Lipinski definition) is 4. The summed E-state index contributed by atoms with van der Waals surface area (Å²) in [6.07, 6.45) is -2.28. The lowest BCUT2D eigenvalue weighted by Crippen LogP contribution is -2.17. The third kappa shape index (κ3) is 4.18. The maximum absolute atomic E-state index is 12.2. The fourth-order valence-electron chi connectivity index (χ4n) is 1.88. The van der Waals surface area contributed by atoms with Crippen molar-refractivity contribution in [2.24, 2.45) is 0 Å². The summed E-state index contributed by atoms with van der Waals surface area (Å²) in [6, 6.07) is 6.48. The number of aromatic nitrogens is 1. The fourth-order valence-corrected chi connectivity index (χ4v) is 2.70. The molecule has 0 saturated heterocycles. The van der Waals surface area contributed by atoms with Crippen LogP contribution in [-0.2, 0) is 6.54 Å². The highest BCUT2D eigenvalue weighted by atomic mass is 32.1. The Hall–Kier alpha value is -1.60. The Morgan fingerprint density at radius 1 is 1.33 bits per heavy atom. The number of nitrogens with zero attached hydrogens (tertiary/aromatic N) is 1. The Labute approximate surface area is 123 Å². The number of nitrogens with one attached hydrogen (secondary N) is 1. The summed E-state index contributed by atoms with van der Waals surface area (Å²) in [6.45, 7) is 0.694. The van der Waals surface area contributed by atoms with E-state index >= 15 is 0 Å². The molecule has 1 aliphatic rings. The highest BCUT2D eigenvalue weighted by Crippen LogP contribution is 2.30. The van der Waals surface area contributed by atoms with Gasteiger partial charge in [-0.25, -0.2) is 4.98 Å². The first-order chi connectivity index (χ1) is 9.99. The number of alkyl halides is 3. The zero-order valence-electron chi connectivity index (χ0n) is 11.0. The molecule has 1 aromatic heterocycles. The first kappa shape index (κ1) is 14.3. The van der Waals surface area contributed by atoms with Gasteiger partial charge < -0.3 is 10.1 Å². The van der Waals surface area contributed by atoms with E-state index in [-0.39, 0.29) is 5.75 Å². The molecule has 0 bridgehead atoms. The van der Waals surface area contributed by atoms with Crippen molar-refractivity contribution in [3.63, 3.8) is 0 Å². The van der Waals surface area contributed by atoms with Crippen LogP contribution in [0.4, 0.5) is 13.2 Å². The number of thiazole rings is 1. The van der Waals surface area contributed by atoms with E-state index in [1.54, 1.807) is 6.07 Å². The number of halogens is 3. The molecule has 3 nitrogen and oxygen atoms in total. The first-order valence-electron chi connectivity index (χ1n) is 6.53. The van der Waals surface area contributed by atoms with Crippen molar-refractivity contribution >= 4 is 11.3 Å². The second-order valence-corrected chi connectivity index (χ2v) is 5.73. The van der Waals surface area contributed by atoms with Gasteiger partial charge in [0.2, 0.25) is 0 Å². The normalized spacial score (nSPS) is 15.2. The molecule has 1 fully saturated rings. The summed E-state index contributed by atoms with van der Waals surface area (Å²) >= 11 is 1.41. The Balaban J connectivity index is 1.71. The van der Waals surface area contributed by atoms with Crippen molar-refractivity contribution < 1.29 is 17.9 Å². The predicted octanol–water partition coefficient (Wildman–Crippen LogP) is 3.96. The van der Waals surface area contributed by atoms with Gasteiger partial charge in [-0.1, -0.05) is 12.1 Å². The van der Waals surface area contributed by atoms with Gasteiger partial charge in [-0.2, -0.15) is 0 Å². The van der Waals surface area contributed by atoms with Crippen LogP contribution in [0.3, 0.4) is 0 Å². The molecule has 1 aliphatic carbocycles. The van der Waals surface area contributed by atoms with Crippen LogP contribution in [0.15, 0.2) is 29.6 Å². The molecule has 0 unspecified atom stereocenters. The molecule has 1 heterocycles. The highest BCUT2D eigenvalue weighted by Gasteiger charge is 2.31. The van der Waals surface area contributed by atoms with Crippen LogP contribution in [0.2, 0.25) is 0 Å². The van der Waals surface area contributed by atoms with Gasteiger partial charge in [-0.3, -0.25) is 0 Å². The molecule has 3 rings (SSSR count). The number of hydrogen-bond donors (Lipinski definition) is 1. The summed E-state index contributed by atoms with van der Waals surface area (Å²) in [5, 5.41) is 5.96. The maximum atomic E-state index is 12.2. The molecular formula is C14H13F3N2OS. The molecule has 0 spiro atoms. The molecule has 1 N–H and O–H groups in total. The van der Waals surface area contributed by atoms with Crippen molar-refractivity contribution in [3.05, 3.63) is 35.3 Å². The van der Waals surface area contributed by atoms with E-state index in [0.717, 1.165) is 5.69 Å². The van der Waals surface area contributed by atoms with Crippen LogP contribution in [0.1, 0.15) is 18.5 Å². The Bertz CT molecular complexity index is 623. The molecule has 1 saturated carbocycles. The van der Waals surface area contributed by atoms with Gasteiger partial charge in [0.1, 0.15) is 10.8 Å². The highest BCUT2D eigenvalue weighted by molar-refractivity contribution is 7.13. The molecular weight excluding hydrogens is 301 g/mol. The van der Waals surface area contributed by atoms with E-state index in [9.17, 15) is 13.2 Å². The third-order valence-corrected chi connectivity index (χ3v) is 3.96. The Morgan fingerprint density at radius 2 is 2.14 bits per heavy atom. The van der Waals surface area contributed by atoms with Crippen LogP contribution in [0.25, 0.3) is 10.6 Å². The van der Waals surface area contributed by atoms with Gasteiger partial charge in [0.05, 0.1) is 5.69 Å². The van der Waals surface area contributed by atoms with E-state index in [1.807, 2.05) is 5.38 Å². The molecule has 0 radical (unpaired) electrons. The molecule has 1 aromatic carbocycles. The number of ether oxygens (including phenoxy) is 1. The minimum atomic E-state index is -4.68. The second kappa shape index (κ2) is 5.65. The first-order valence-corrected chi connectivity index (χ1v) is 7.41. The molecule has 7 heteroatoms. The van der Waals surface area contributed by atoms with Gasteiger partial charge in [0, 0.05) is 23.5 Å². The molecule has 0 aliphatic heterocycles. The summed E-state index contributed by atoms with van der Waals surface area (Å²) in [5.74, 6) is -0.229. The lowest BCUT2D eigenvalue weighted by Gasteiger charge is -2.09. The molecule has 21 heavy (non-hydrogen) atoms. The van der Waals surface area contributed by atoms with E-state index in [1.165, 1.54) is 42.4 Å². The van der Waals surface area contributed by atoms with Gasteiger partial charge >= 0.3 is 6.36 Å². The minimum Gasteiger partial charge on any atom is -0.406 e. The van der Waals surface area contributed by atoms with Crippen molar-refractivity contribution in [2.75, 3.05) is 0 Å². The second-order valence-electron chi connectivity index (χ2n) is 4.87. The van der Waals surface area contributed by atoms with Crippen LogP contribution in [0, 0.1) is 0 Å². The molecule has 112 valence electrons. The molecule has 0 atom stereocenters. The average molecular weight is 314 g/mol. The van der Waals surface area contributed by atoms with E-state index in [2.05, 4.69) is 15.0 Å². The SMILES string of the molecule is FC(F)(F)Oc1cccc(-c2nc(CNC3CC3)cs2)c1. The summed E-state index contributed by atoms with van der Waals surface area (Å²) in [7, 11) is 0. The van der Waals surface area contributed by atoms with Gasteiger partial charge in [-0.15, -0.1) is 24.5 Å². The van der Waals surface area contributed by atoms with Crippen LogP contribution in [-0.4, -0.2) is 17.4 Å². The average Bonchev–Trinajstić information content (AvgIpc) is 3.12. The maximum Gasteiger partial charge on any atom is 0.573 e. The lowest BCUT2D eigenvalue weighted by molar-refractivity contribution is -0.274. The van der Waals surface area contributed by atoms with E-state index < -0.39 is 6.36 Å². The largest absolute Gasteiger partial charge is 0.573 e. The van der Waals surface area contributed by atoms with Crippen LogP contribution >= 0.6 is 11.3 Å². The van der Waals surface area contributed by atoms with Gasteiger partial charge in [0.25, 0.3) is 0 Å². The van der Waals surface area contributed by atoms with Crippen molar-refractivity contribution in [1.29, 1.82) is 0 Å². The standard InChI is InChI=1S/C14H13F3N2OS/c15-14(16,17)20-12-3-1-2-9(6-12)13-19-11(8-21-13)7-18-10-4-5-10/h1-3,6,8,10,18H,4-5,7H2. The minimum absolute atomic E-state index is 0.229. The Kier molecular flexibility index (Phi) is 3.86. The third-order valence-electron chi connectivity index (χ3n) is 3.02.